The third-order valence-electron chi connectivity index (χ3n) is 3.47. The van der Waals surface area contributed by atoms with Crippen LogP contribution in [0.3, 0.4) is 0 Å². The number of nitrogens with zero attached hydrogens (tertiary/aromatic N) is 1. The molecule has 3 heteroatoms. The van der Waals surface area contributed by atoms with Crippen LogP contribution in [0.5, 0.6) is 5.75 Å². The molecule has 0 saturated carbocycles. The molecular formula is C16H9NO2. The van der Waals surface area contributed by atoms with Gasteiger partial charge in [-0.2, -0.15) is 0 Å². The Morgan fingerprint density at radius 1 is 0.895 bits per heavy atom. The summed E-state index contributed by atoms with van der Waals surface area (Å²) in [4.78, 5) is 16.9. The van der Waals surface area contributed by atoms with Crippen LogP contribution in [0.1, 0.15) is 15.9 Å². The molecule has 0 amide bonds. The molecule has 1 N–H and O–H groups in total. The molecule has 1 aliphatic rings. The van der Waals surface area contributed by atoms with Gasteiger partial charge in [-0.25, -0.2) is 4.98 Å². The first-order chi connectivity index (χ1) is 9.24. The van der Waals surface area contributed by atoms with E-state index >= 15 is 0 Å². The highest BCUT2D eigenvalue weighted by molar-refractivity contribution is 6.22. The van der Waals surface area contributed by atoms with Crippen LogP contribution in [0.15, 0.2) is 48.5 Å². The van der Waals surface area contributed by atoms with E-state index in [0.29, 0.717) is 11.1 Å². The van der Waals surface area contributed by atoms with Crippen molar-refractivity contribution < 1.29 is 9.90 Å². The summed E-state index contributed by atoms with van der Waals surface area (Å²) in [5, 5.41) is 10.3. The molecular weight excluding hydrogens is 238 g/mol. The number of hydrogen-bond donors (Lipinski definition) is 1. The van der Waals surface area contributed by atoms with Gasteiger partial charge in [0.1, 0.15) is 5.75 Å². The molecule has 0 atom stereocenters. The second-order valence-electron chi connectivity index (χ2n) is 4.64. The molecule has 1 aromatic heterocycles. The zero-order valence-electron chi connectivity index (χ0n) is 9.92. The summed E-state index contributed by atoms with van der Waals surface area (Å²) in [6, 6.07) is 14.3. The Morgan fingerprint density at radius 3 is 2.53 bits per heavy atom. The van der Waals surface area contributed by atoms with Crippen molar-refractivity contribution in [1.82, 2.24) is 4.98 Å². The van der Waals surface area contributed by atoms with E-state index in [1.54, 1.807) is 24.3 Å². The van der Waals surface area contributed by atoms with E-state index in [-0.39, 0.29) is 11.5 Å². The highest BCUT2D eigenvalue weighted by Gasteiger charge is 2.27. The van der Waals surface area contributed by atoms with Crippen molar-refractivity contribution >= 4 is 16.7 Å². The Labute approximate surface area is 109 Å². The van der Waals surface area contributed by atoms with Crippen molar-refractivity contribution in [3.05, 3.63) is 59.7 Å². The Hall–Kier alpha value is -2.68. The van der Waals surface area contributed by atoms with Crippen LogP contribution < -0.4 is 0 Å². The van der Waals surface area contributed by atoms with E-state index in [1.807, 2.05) is 24.3 Å². The van der Waals surface area contributed by atoms with Crippen molar-refractivity contribution in [2.45, 2.75) is 0 Å². The van der Waals surface area contributed by atoms with Crippen LogP contribution in [0.2, 0.25) is 0 Å². The van der Waals surface area contributed by atoms with Gasteiger partial charge in [0.15, 0.2) is 5.78 Å². The van der Waals surface area contributed by atoms with Gasteiger partial charge < -0.3 is 5.11 Å². The third-order valence-corrected chi connectivity index (χ3v) is 3.47. The van der Waals surface area contributed by atoms with Gasteiger partial charge in [0.2, 0.25) is 0 Å². The number of fused-ring (bicyclic) bond motifs is 4. The lowest BCUT2D eigenvalue weighted by atomic mass is 10.1. The van der Waals surface area contributed by atoms with Crippen LogP contribution >= 0.6 is 0 Å². The summed E-state index contributed by atoms with van der Waals surface area (Å²) < 4.78 is 0. The Bertz CT molecular complexity index is 852. The van der Waals surface area contributed by atoms with Crippen LogP contribution in [0, 0.1) is 0 Å². The SMILES string of the molecule is O=C1c2ccccc2-c2nc3ccc(O)cc3cc21. The van der Waals surface area contributed by atoms with E-state index in [4.69, 9.17) is 0 Å². The predicted molar refractivity (Wildman–Crippen MR) is 72.3 cm³/mol. The minimum absolute atomic E-state index is 0.00310. The van der Waals surface area contributed by atoms with Gasteiger partial charge in [0.05, 0.1) is 11.2 Å². The second-order valence-corrected chi connectivity index (χ2v) is 4.64. The number of benzene rings is 2. The summed E-state index contributed by atoms with van der Waals surface area (Å²) in [6.45, 7) is 0. The number of rotatable bonds is 0. The maximum absolute atomic E-state index is 12.3. The lowest BCUT2D eigenvalue weighted by Gasteiger charge is -2.03. The lowest BCUT2D eigenvalue weighted by molar-refractivity contribution is 0.104. The first-order valence-corrected chi connectivity index (χ1v) is 6.02. The van der Waals surface area contributed by atoms with Crippen LogP contribution in [-0.2, 0) is 0 Å². The predicted octanol–water partition coefficient (Wildman–Crippen LogP) is 3.15. The molecule has 0 radical (unpaired) electrons. The van der Waals surface area contributed by atoms with Crippen molar-refractivity contribution in [3.63, 3.8) is 0 Å². The first-order valence-electron chi connectivity index (χ1n) is 6.02. The van der Waals surface area contributed by atoms with E-state index in [1.165, 1.54) is 0 Å². The lowest BCUT2D eigenvalue weighted by Crippen LogP contribution is -1.95. The maximum Gasteiger partial charge on any atom is 0.195 e. The van der Waals surface area contributed by atoms with Crippen molar-refractivity contribution in [1.29, 1.82) is 0 Å². The Balaban J connectivity index is 2.11. The fraction of sp³-hybridized carbons (Fsp3) is 0. The number of ketones is 1. The number of carbonyl (C=O) groups excluding carboxylic acids is 1. The van der Waals surface area contributed by atoms with Gasteiger partial charge in [-0.1, -0.05) is 24.3 Å². The Morgan fingerprint density at radius 2 is 1.68 bits per heavy atom. The fourth-order valence-electron chi connectivity index (χ4n) is 2.57. The molecule has 90 valence electrons. The molecule has 0 saturated heterocycles. The zero-order chi connectivity index (χ0) is 13.0. The minimum atomic E-state index is 0.00310. The summed E-state index contributed by atoms with van der Waals surface area (Å²) in [5.74, 6) is 0.181. The molecule has 0 aliphatic heterocycles. The van der Waals surface area contributed by atoms with Crippen molar-refractivity contribution in [2.24, 2.45) is 0 Å². The number of phenolic OH excluding ortho intramolecular Hbond substituents is 1. The number of aromatic nitrogens is 1. The maximum atomic E-state index is 12.3. The van der Waals surface area contributed by atoms with Crippen LogP contribution in [0.4, 0.5) is 0 Å². The van der Waals surface area contributed by atoms with E-state index in [0.717, 1.165) is 22.2 Å². The first kappa shape index (κ1) is 10.3. The number of hydrogen-bond acceptors (Lipinski definition) is 3. The minimum Gasteiger partial charge on any atom is -0.508 e. The fourth-order valence-corrected chi connectivity index (χ4v) is 2.57. The summed E-state index contributed by atoms with van der Waals surface area (Å²) in [5.41, 5.74) is 3.71. The number of pyridine rings is 1. The van der Waals surface area contributed by atoms with E-state index in [2.05, 4.69) is 4.98 Å². The van der Waals surface area contributed by atoms with E-state index < -0.39 is 0 Å². The molecule has 1 aliphatic carbocycles. The van der Waals surface area contributed by atoms with Crippen molar-refractivity contribution in [3.8, 4) is 17.0 Å². The summed E-state index contributed by atoms with van der Waals surface area (Å²) in [7, 11) is 0. The topological polar surface area (TPSA) is 50.2 Å². The van der Waals surface area contributed by atoms with Gasteiger partial charge in [-0.05, 0) is 24.3 Å². The summed E-state index contributed by atoms with van der Waals surface area (Å²) in [6.07, 6.45) is 0. The Kier molecular flexibility index (Phi) is 1.85. The van der Waals surface area contributed by atoms with Gasteiger partial charge in [-0.15, -0.1) is 0 Å². The largest absolute Gasteiger partial charge is 0.508 e. The quantitative estimate of drug-likeness (QED) is 0.519. The van der Waals surface area contributed by atoms with Gasteiger partial charge in [-0.3, -0.25) is 4.79 Å². The molecule has 3 nitrogen and oxygen atoms in total. The molecule has 1 heterocycles. The average Bonchev–Trinajstić information content (AvgIpc) is 2.70. The number of aromatic hydroxyl groups is 1. The molecule has 4 rings (SSSR count). The highest BCUT2D eigenvalue weighted by atomic mass is 16.3. The van der Waals surface area contributed by atoms with Gasteiger partial charge in [0.25, 0.3) is 0 Å². The smallest absolute Gasteiger partial charge is 0.195 e. The van der Waals surface area contributed by atoms with Crippen LogP contribution in [0.25, 0.3) is 22.2 Å². The average molecular weight is 247 g/mol. The van der Waals surface area contributed by atoms with Gasteiger partial charge >= 0.3 is 0 Å². The molecule has 19 heavy (non-hydrogen) atoms. The molecule has 0 unspecified atom stereocenters. The normalized spacial score (nSPS) is 12.5. The standard InChI is InChI=1S/C16H9NO2/c18-10-5-6-14-9(7-10)8-13-15(17-14)11-3-1-2-4-12(11)16(13)19/h1-8,18H. The molecule has 0 spiro atoms. The molecule has 0 bridgehead atoms. The van der Waals surface area contributed by atoms with Crippen molar-refractivity contribution in [2.75, 3.05) is 0 Å². The highest BCUT2D eigenvalue weighted by Crippen LogP contribution is 2.36. The van der Waals surface area contributed by atoms with Crippen LogP contribution in [-0.4, -0.2) is 15.9 Å². The molecule has 3 aromatic rings. The summed E-state index contributed by atoms with van der Waals surface area (Å²) >= 11 is 0. The number of phenols is 1. The molecule has 0 fully saturated rings. The monoisotopic (exact) mass is 247 g/mol. The van der Waals surface area contributed by atoms with E-state index in [9.17, 15) is 9.90 Å². The van der Waals surface area contributed by atoms with Gasteiger partial charge in [0, 0.05) is 22.1 Å². The third kappa shape index (κ3) is 1.32. The second kappa shape index (κ2) is 3.42. The zero-order valence-corrected chi connectivity index (χ0v) is 9.92. The molecule has 2 aromatic carbocycles. The number of carbonyl (C=O) groups is 1.